The second-order valence-electron chi connectivity index (χ2n) is 7.68. The van der Waals surface area contributed by atoms with Crippen LogP contribution in [-0.4, -0.2) is 30.7 Å². The molecule has 0 aliphatic carbocycles. The lowest BCUT2D eigenvalue weighted by molar-refractivity contribution is 0.0995. The summed E-state index contributed by atoms with van der Waals surface area (Å²) in [4.78, 5) is 15.3. The second kappa shape index (κ2) is 8.87. The van der Waals surface area contributed by atoms with Gasteiger partial charge < -0.3 is 10.1 Å². The lowest BCUT2D eigenvalue weighted by Gasteiger charge is -2.22. The smallest absolute Gasteiger partial charge is 0.295 e. The highest BCUT2D eigenvalue weighted by Crippen LogP contribution is 2.35. The number of H-pyrrole nitrogens is 1. The minimum absolute atomic E-state index is 0.173. The van der Waals surface area contributed by atoms with Gasteiger partial charge >= 0.3 is 0 Å². The van der Waals surface area contributed by atoms with E-state index in [-0.39, 0.29) is 23.7 Å². The van der Waals surface area contributed by atoms with Gasteiger partial charge in [-0.2, -0.15) is 0 Å². The van der Waals surface area contributed by atoms with E-state index in [1.807, 2.05) is 37.3 Å². The Bertz CT molecular complexity index is 1440. The number of fused-ring (bicyclic) bond motifs is 1. The summed E-state index contributed by atoms with van der Waals surface area (Å²) in [7, 11) is -3.55. The van der Waals surface area contributed by atoms with E-state index in [9.17, 15) is 18.3 Å². The van der Waals surface area contributed by atoms with Crippen LogP contribution in [0.15, 0.2) is 83.0 Å². The Morgan fingerprint density at radius 1 is 1.00 bits per heavy atom. The van der Waals surface area contributed by atoms with Crippen molar-refractivity contribution in [2.45, 2.75) is 13.5 Å². The maximum absolute atomic E-state index is 12.5. The maximum Gasteiger partial charge on any atom is 0.295 e. The summed E-state index contributed by atoms with van der Waals surface area (Å²) in [5.74, 6) is -0.793. The van der Waals surface area contributed by atoms with Crippen LogP contribution in [-0.2, 0) is 16.6 Å². The Morgan fingerprint density at radius 2 is 1.67 bits per heavy atom. The normalized spacial score (nSPS) is 11.8. The minimum Gasteiger partial charge on any atom is -0.493 e. The standard InChI is InChI=1S/C24H22N4O4S/c1-16-7-9-17(10-8-16)15-28(33(2,31)32)19-13-11-18(12-14-19)23(29)27-26-22-20-5-3-4-6-21(20)25-24(22)30/h3-14,25,30H,15H2,1-2H3. The lowest BCUT2D eigenvalue weighted by Crippen LogP contribution is -2.29. The van der Waals surface area contributed by atoms with Crippen molar-refractivity contribution >= 4 is 38.2 Å². The first-order valence-corrected chi connectivity index (χ1v) is 12.0. The third-order valence-corrected chi connectivity index (χ3v) is 6.29. The van der Waals surface area contributed by atoms with E-state index >= 15 is 0 Å². The first kappa shape index (κ1) is 22.2. The minimum atomic E-state index is -3.55. The quantitative estimate of drug-likeness (QED) is 0.389. The number of aromatic amines is 1. The van der Waals surface area contributed by atoms with E-state index < -0.39 is 15.9 Å². The van der Waals surface area contributed by atoms with Gasteiger partial charge in [-0.05, 0) is 42.8 Å². The summed E-state index contributed by atoms with van der Waals surface area (Å²) in [6.07, 6.45) is 1.14. The highest BCUT2D eigenvalue weighted by molar-refractivity contribution is 7.92. The Kier molecular flexibility index (Phi) is 5.97. The molecule has 0 radical (unpaired) electrons. The molecule has 3 aromatic carbocycles. The summed E-state index contributed by atoms with van der Waals surface area (Å²) in [6.45, 7) is 2.14. The maximum atomic E-state index is 12.5. The van der Waals surface area contributed by atoms with E-state index in [0.717, 1.165) is 17.4 Å². The number of benzene rings is 3. The molecule has 0 bridgehead atoms. The molecule has 2 N–H and O–H groups in total. The van der Waals surface area contributed by atoms with Crippen LogP contribution < -0.4 is 4.31 Å². The predicted octanol–water partition coefficient (Wildman–Crippen LogP) is 5.07. The summed E-state index contributed by atoms with van der Waals surface area (Å²) < 4.78 is 26.1. The van der Waals surface area contributed by atoms with Gasteiger partial charge in [0.2, 0.25) is 15.9 Å². The third kappa shape index (κ3) is 4.93. The van der Waals surface area contributed by atoms with Crippen LogP contribution in [0.5, 0.6) is 5.88 Å². The van der Waals surface area contributed by atoms with E-state index in [1.165, 1.54) is 16.4 Å². The molecule has 0 aliphatic rings. The number of hydrogen-bond donors (Lipinski definition) is 2. The molecule has 33 heavy (non-hydrogen) atoms. The fourth-order valence-corrected chi connectivity index (χ4v) is 4.29. The Labute approximate surface area is 191 Å². The largest absolute Gasteiger partial charge is 0.493 e. The SMILES string of the molecule is Cc1ccc(CN(c2ccc(C(=O)N=Nc3c(O)[nH]c4ccccc34)cc2)S(C)(=O)=O)cc1. The zero-order valence-corrected chi connectivity index (χ0v) is 18.9. The van der Waals surface area contributed by atoms with Crippen molar-refractivity contribution in [3.05, 3.63) is 89.5 Å². The average molecular weight is 463 g/mol. The fraction of sp³-hybridized carbons (Fsp3) is 0.125. The molecule has 0 atom stereocenters. The summed E-state index contributed by atoms with van der Waals surface area (Å²) in [5.41, 5.74) is 3.46. The molecule has 4 rings (SSSR count). The van der Waals surface area contributed by atoms with Crippen LogP contribution in [0.4, 0.5) is 11.4 Å². The van der Waals surface area contributed by atoms with E-state index in [0.29, 0.717) is 16.6 Å². The van der Waals surface area contributed by atoms with Gasteiger partial charge in [0.25, 0.3) is 5.91 Å². The Balaban J connectivity index is 1.55. The van der Waals surface area contributed by atoms with Gasteiger partial charge in [-0.3, -0.25) is 9.10 Å². The van der Waals surface area contributed by atoms with Crippen LogP contribution in [0.1, 0.15) is 21.5 Å². The zero-order valence-electron chi connectivity index (χ0n) is 18.1. The van der Waals surface area contributed by atoms with Gasteiger partial charge in [-0.15, -0.1) is 10.2 Å². The summed E-state index contributed by atoms with van der Waals surface area (Å²) >= 11 is 0. The molecule has 0 unspecified atom stereocenters. The van der Waals surface area contributed by atoms with Gasteiger partial charge in [0, 0.05) is 10.9 Å². The van der Waals surface area contributed by atoms with Gasteiger partial charge in [0.15, 0.2) is 5.69 Å². The lowest BCUT2D eigenvalue weighted by atomic mass is 10.1. The summed E-state index contributed by atoms with van der Waals surface area (Å²) in [5, 5.41) is 18.3. The van der Waals surface area contributed by atoms with Gasteiger partial charge in [0.05, 0.1) is 24.0 Å². The molecule has 1 amide bonds. The van der Waals surface area contributed by atoms with Crippen LogP contribution in [0.25, 0.3) is 10.9 Å². The molecule has 1 heterocycles. The molecule has 168 valence electrons. The zero-order chi connectivity index (χ0) is 23.6. The van der Waals surface area contributed by atoms with Crippen molar-refractivity contribution in [1.29, 1.82) is 0 Å². The van der Waals surface area contributed by atoms with E-state index in [1.54, 1.807) is 30.3 Å². The number of amides is 1. The number of carbonyl (C=O) groups excluding carboxylic acids is 1. The summed E-state index contributed by atoms with van der Waals surface area (Å²) in [6, 6.07) is 20.9. The topological polar surface area (TPSA) is 115 Å². The molecule has 9 heteroatoms. The highest BCUT2D eigenvalue weighted by Gasteiger charge is 2.19. The number of aromatic nitrogens is 1. The number of hydrogen-bond acceptors (Lipinski definition) is 5. The number of nitrogens with zero attached hydrogens (tertiary/aromatic N) is 3. The number of aryl methyl sites for hydroxylation is 1. The number of aromatic hydroxyl groups is 1. The monoisotopic (exact) mass is 462 g/mol. The second-order valence-corrected chi connectivity index (χ2v) is 9.58. The Hall–Kier alpha value is -3.98. The molecule has 0 saturated carbocycles. The van der Waals surface area contributed by atoms with E-state index in [2.05, 4.69) is 15.2 Å². The number of anilines is 1. The van der Waals surface area contributed by atoms with Crippen molar-refractivity contribution in [2.75, 3.05) is 10.6 Å². The number of carbonyl (C=O) groups is 1. The van der Waals surface area contributed by atoms with Crippen LogP contribution in [0.2, 0.25) is 0 Å². The van der Waals surface area contributed by atoms with Gasteiger partial charge in [-0.25, -0.2) is 8.42 Å². The van der Waals surface area contributed by atoms with E-state index in [4.69, 9.17) is 0 Å². The average Bonchev–Trinajstić information content (AvgIpc) is 3.11. The van der Waals surface area contributed by atoms with Crippen molar-refractivity contribution < 1.29 is 18.3 Å². The number of azo groups is 1. The van der Waals surface area contributed by atoms with Gasteiger partial charge in [-0.1, -0.05) is 48.0 Å². The van der Waals surface area contributed by atoms with Crippen molar-refractivity contribution in [1.82, 2.24) is 4.98 Å². The molecular formula is C24H22N4O4S. The molecule has 4 aromatic rings. The third-order valence-electron chi connectivity index (χ3n) is 5.15. The first-order valence-electron chi connectivity index (χ1n) is 10.1. The molecule has 0 aliphatic heterocycles. The number of para-hydroxylation sites is 1. The van der Waals surface area contributed by atoms with Crippen molar-refractivity contribution in [3.8, 4) is 5.88 Å². The highest BCUT2D eigenvalue weighted by atomic mass is 32.2. The van der Waals surface area contributed by atoms with Crippen LogP contribution in [0.3, 0.4) is 0 Å². The molecular weight excluding hydrogens is 440 g/mol. The fourth-order valence-electron chi connectivity index (χ4n) is 3.40. The molecule has 0 spiro atoms. The molecule has 8 nitrogen and oxygen atoms in total. The number of nitrogens with one attached hydrogen (secondary N) is 1. The first-order chi connectivity index (χ1) is 15.7. The number of rotatable bonds is 6. The molecule has 0 fully saturated rings. The van der Waals surface area contributed by atoms with Gasteiger partial charge in [0.1, 0.15) is 0 Å². The Morgan fingerprint density at radius 3 is 2.33 bits per heavy atom. The van der Waals surface area contributed by atoms with Crippen LogP contribution >= 0.6 is 0 Å². The van der Waals surface area contributed by atoms with Crippen molar-refractivity contribution in [2.24, 2.45) is 10.2 Å². The predicted molar refractivity (Wildman–Crippen MR) is 127 cm³/mol. The number of sulfonamides is 1. The van der Waals surface area contributed by atoms with Crippen LogP contribution in [0, 0.1) is 6.92 Å². The molecule has 0 saturated heterocycles. The molecule has 1 aromatic heterocycles. The van der Waals surface area contributed by atoms with Crippen molar-refractivity contribution in [3.63, 3.8) is 0 Å².